The van der Waals surface area contributed by atoms with E-state index < -0.39 is 31.5 Å². The molecule has 4 aliphatic rings. The topological polar surface area (TPSA) is 119 Å². The van der Waals surface area contributed by atoms with Gasteiger partial charge in [-0.2, -0.15) is 0 Å². The Hall–Kier alpha value is -3.57. The maximum atomic E-state index is 13.8. The first-order chi connectivity index (χ1) is 20.1. The fourth-order valence-electron chi connectivity index (χ4n) is 8.04. The van der Waals surface area contributed by atoms with Gasteiger partial charge in [0, 0.05) is 40.3 Å². The number of benzene rings is 3. The first-order valence-electron chi connectivity index (χ1n) is 14.7. The molecular weight excluding hydrogens is 550 g/mol. The molecule has 42 heavy (non-hydrogen) atoms. The predicted octanol–water partition coefficient (Wildman–Crippen LogP) is 4.26. The zero-order valence-electron chi connectivity index (χ0n) is 24.0. The number of ether oxygens (including phenoxy) is 1. The lowest BCUT2D eigenvalue weighted by atomic mass is 9.82. The van der Waals surface area contributed by atoms with Gasteiger partial charge in [-0.25, -0.2) is 0 Å². The van der Waals surface area contributed by atoms with Crippen LogP contribution in [0, 0.1) is 5.92 Å². The molecule has 1 spiro atoms. The van der Waals surface area contributed by atoms with E-state index in [9.17, 15) is 24.3 Å². The highest BCUT2D eigenvalue weighted by atomic mass is 28.4. The van der Waals surface area contributed by atoms with Gasteiger partial charge in [0.1, 0.15) is 0 Å². The minimum atomic E-state index is -2.94. The molecule has 7 rings (SSSR count). The van der Waals surface area contributed by atoms with Gasteiger partial charge in [0.25, 0.3) is 11.8 Å². The fraction of sp³-hybridized carbons (Fsp3) is 0.406. The number of hydrogen-bond donors (Lipinski definition) is 3. The van der Waals surface area contributed by atoms with E-state index in [0.717, 1.165) is 29.3 Å². The monoisotopic (exact) mass is 585 g/mol. The van der Waals surface area contributed by atoms with Crippen LogP contribution in [0.2, 0.25) is 18.6 Å². The Morgan fingerprint density at radius 3 is 2.64 bits per heavy atom. The highest BCUT2D eigenvalue weighted by Crippen LogP contribution is 2.59. The fourth-order valence-corrected chi connectivity index (χ4v) is 10.6. The summed E-state index contributed by atoms with van der Waals surface area (Å²) in [4.78, 5) is 55.8. The lowest BCUT2D eigenvalue weighted by molar-refractivity contribution is -0.148. The number of aliphatic hydroxyl groups is 1. The Morgan fingerprint density at radius 2 is 1.90 bits per heavy atom. The van der Waals surface area contributed by atoms with Gasteiger partial charge in [-0.3, -0.25) is 19.3 Å². The van der Waals surface area contributed by atoms with Crippen molar-refractivity contribution in [3.63, 3.8) is 0 Å². The van der Waals surface area contributed by atoms with Gasteiger partial charge >= 0.3 is 0 Å². The molecule has 0 radical (unpaired) electrons. The molecule has 3 aromatic rings. The average Bonchev–Trinajstić information content (AvgIpc) is 3.69. The molecule has 4 aliphatic heterocycles. The highest BCUT2D eigenvalue weighted by molar-refractivity contribution is 6.71. The molecule has 3 aromatic carbocycles. The van der Waals surface area contributed by atoms with Crippen LogP contribution in [0.1, 0.15) is 42.1 Å². The first kappa shape index (κ1) is 27.3. The zero-order chi connectivity index (χ0) is 29.6. The van der Waals surface area contributed by atoms with E-state index in [2.05, 4.69) is 5.32 Å². The van der Waals surface area contributed by atoms with Gasteiger partial charge in [0.15, 0.2) is 13.9 Å². The van der Waals surface area contributed by atoms with Gasteiger partial charge in [-0.15, -0.1) is 0 Å². The Bertz CT molecular complexity index is 1650. The summed E-state index contributed by atoms with van der Waals surface area (Å²) in [5, 5.41) is 14.6. The highest BCUT2D eigenvalue weighted by Gasteiger charge is 2.65. The summed E-state index contributed by atoms with van der Waals surface area (Å²) in [5.41, 5.74) is 1.43. The summed E-state index contributed by atoms with van der Waals surface area (Å²) in [6.45, 7) is 6.06. The van der Waals surface area contributed by atoms with Crippen LogP contribution in [0.15, 0.2) is 54.6 Å². The molecule has 0 aliphatic carbocycles. The minimum Gasteiger partial charge on any atom is -0.432 e. The summed E-state index contributed by atoms with van der Waals surface area (Å²) in [6.07, 6.45) is 0.932. The lowest BCUT2D eigenvalue weighted by Crippen LogP contribution is -2.44. The molecular formula is C32H35N3O6Si. The maximum absolute atomic E-state index is 13.8. The molecule has 0 aromatic heterocycles. The van der Waals surface area contributed by atoms with E-state index in [1.54, 1.807) is 15.9 Å². The Kier molecular flexibility index (Phi) is 6.15. The molecule has 2 saturated heterocycles. The van der Waals surface area contributed by atoms with Crippen LogP contribution in [0.4, 0.5) is 17.1 Å². The molecule has 0 saturated carbocycles. The Balaban J connectivity index is 1.29. The van der Waals surface area contributed by atoms with E-state index in [1.807, 2.05) is 68.5 Å². The number of amides is 3. The van der Waals surface area contributed by atoms with Gasteiger partial charge in [0.2, 0.25) is 5.91 Å². The second-order valence-corrected chi connectivity index (χ2v) is 16.6. The number of carbonyl (C=O) groups is 3. The number of fused-ring (bicyclic) bond motifs is 2. The van der Waals surface area contributed by atoms with Crippen LogP contribution in [-0.2, 0) is 19.9 Å². The Morgan fingerprint density at radius 1 is 1.14 bits per heavy atom. The van der Waals surface area contributed by atoms with E-state index in [0.29, 0.717) is 29.0 Å². The molecule has 5 atom stereocenters. The van der Waals surface area contributed by atoms with Crippen LogP contribution in [0.25, 0.3) is 10.8 Å². The third kappa shape index (κ3) is 3.75. The van der Waals surface area contributed by atoms with E-state index >= 15 is 0 Å². The van der Waals surface area contributed by atoms with Crippen LogP contribution in [0.5, 0.6) is 0 Å². The van der Waals surface area contributed by atoms with Crippen LogP contribution >= 0.6 is 0 Å². The quantitative estimate of drug-likeness (QED) is 0.385. The molecule has 0 unspecified atom stereocenters. The molecule has 9 nitrogen and oxygen atoms in total. The summed E-state index contributed by atoms with van der Waals surface area (Å²) in [6, 6.07) is 16.8. The largest absolute Gasteiger partial charge is 0.432 e. The van der Waals surface area contributed by atoms with E-state index in [1.165, 1.54) is 0 Å². The van der Waals surface area contributed by atoms with E-state index in [4.69, 9.17) is 4.74 Å². The minimum absolute atomic E-state index is 0.0223. The molecule has 4 heterocycles. The Labute approximate surface area is 245 Å². The third-order valence-corrected chi connectivity index (χ3v) is 12.3. The van der Waals surface area contributed by atoms with Crippen molar-refractivity contribution in [2.24, 2.45) is 5.92 Å². The smallest absolute Gasteiger partial charge is 0.263 e. The van der Waals surface area contributed by atoms with Crippen molar-refractivity contribution < 1.29 is 29.0 Å². The molecule has 3 N–H and O–H groups in total. The number of rotatable bonds is 5. The second-order valence-electron chi connectivity index (χ2n) is 12.6. The number of nitrogens with one attached hydrogen (secondary N) is 1. The first-order valence-corrected chi connectivity index (χ1v) is 17.7. The second kappa shape index (κ2) is 9.47. The number of likely N-dealkylation sites (tertiary alicyclic amines) is 1. The number of aliphatic hydroxyl groups excluding tert-OH is 1. The number of nitrogens with zero attached hydrogens (tertiary/aromatic N) is 2. The van der Waals surface area contributed by atoms with Crippen molar-refractivity contribution in [1.82, 2.24) is 4.90 Å². The molecule has 3 amide bonds. The van der Waals surface area contributed by atoms with Gasteiger partial charge in [-0.05, 0) is 61.7 Å². The SMILES string of the molecule is C[C@H]1[C@H]([Si](C)(C)O)[C@@H](CC(=O)N2CCC[C@H]2CO)O[C@]12C(=O)Nc1ccc(N3C(=O)c4cccc5cccc3c45)cc12. The third-order valence-electron chi connectivity index (χ3n) is 9.82. The van der Waals surface area contributed by atoms with Crippen molar-refractivity contribution in [3.05, 3.63) is 65.7 Å². The normalized spacial score (nSPS) is 28.3. The average molecular weight is 586 g/mol. The van der Waals surface area contributed by atoms with Crippen LogP contribution in [-0.4, -0.2) is 66.1 Å². The van der Waals surface area contributed by atoms with Crippen molar-refractivity contribution >= 4 is 53.9 Å². The summed E-state index contributed by atoms with van der Waals surface area (Å²) in [7, 11) is -2.94. The molecule has 0 bridgehead atoms. The molecule has 218 valence electrons. The lowest BCUT2D eigenvalue weighted by Gasteiger charge is -2.32. The van der Waals surface area contributed by atoms with Crippen molar-refractivity contribution in [1.29, 1.82) is 0 Å². The number of carbonyl (C=O) groups excluding carboxylic acids is 3. The maximum Gasteiger partial charge on any atom is 0.263 e. The number of hydrogen-bond acceptors (Lipinski definition) is 6. The van der Waals surface area contributed by atoms with Crippen molar-refractivity contribution in [2.75, 3.05) is 23.4 Å². The van der Waals surface area contributed by atoms with Crippen LogP contribution < -0.4 is 10.2 Å². The number of anilines is 3. The summed E-state index contributed by atoms with van der Waals surface area (Å²) in [5.74, 6) is -1.03. The van der Waals surface area contributed by atoms with Crippen LogP contribution in [0.3, 0.4) is 0 Å². The summed E-state index contributed by atoms with van der Waals surface area (Å²) < 4.78 is 6.71. The standard InChI is InChI=1S/C32H35N3O6Si/c1-18-29(42(2,3)40)26(16-27(37)34-14-6-9-21(34)17-36)41-32(18)23-15-20(12-13-24(23)33-31(32)39)35-25-11-5-8-19-7-4-10-22(28(19)25)30(35)38/h4-5,7-8,10-13,15,18,21,26,29,36,40H,6,9,14,16-17H2,1-3H3,(H,33,39)/t18-,21-,26+,29-,32+/m0/s1. The molecule has 2 fully saturated rings. The van der Waals surface area contributed by atoms with Crippen molar-refractivity contribution in [2.45, 2.75) is 62.6 Å². The predicted molar refractivity (Wildman–Crippen MR) is 161 cm³/mol. The van der Waals surface area contributed by atoms with E-state index in [-0.39, 0.29) is 36.8 Å². The molecule has 10 heteroatoms. The summed E-state index contributed by atoms with van der Waals surface area (Å²) >= 11 is 0. The van der Waals surface area contributed by atoms with Crippen molar-refractivity contribution in [3.8, 4) is 0 Å². The van der Waals surface area contributed by atoms with Gasteiger partial charge in [0.05, 0.1) is 36.4 Å². The van der Waals surface area contributed by atoms with Gasteiger partial charge in [-0.1, -0.05) is 31.2 Å². The van der Waals surface area contributed by atoms with Gasteiger partial charge < -0.3 is 24.9 Å². The zero-order valence-corrected chi connectivity index (χ0v) is 25.0.